The van der Waals surface area contributed by atoms with Crippen LogP contribution in [0, 0.1) is 6.07 Å². The fourth-order valence-electron chi connectivity index (χ4n) is 2.83. The van der Waals surface area contributed by atoms with Gasteiger partial charge >= 0.3 is 0 Å². The Morgan fingerprint density at radius 3 is 2.50 bits per heavy atom. The van der Waals surface area contributed by atoms with Gasteiger partial charge in [0.1, 0.15) is 5.56 Å². The van der Waals surface area contributed by atoms with Gasteiger partial charge in [-0.2, -0.15) is 10.1 Å². The molecule has 0 fully saturated rings. The van der Waals surface area contributed by atoms with E-state index in [-0.39, 0.29) is 11.5 Å². The zero-order valence-corrected chi connectivity index (χ0v) is 14.7. The number of rotatable bonds is 5. The van der Waals surface area contributed by atoms with Crippen molar-refractivity contribution in [2.75, 3.05) is 0 Å². The van der Waals surface area contributed by atoms with Gasteiger partial charge in [-0.1, -0.05) is 54.6 Å². The molecule has 0 spiro atoms. The van der Waals surface area contributed by atoms with Crippen LogP contribution in [0.4, 0.5) is 0 Å². The number of hydrogen-bond donors (Lipinski definition) is 2. The van der Waals surface area contributed by atoms with E-state index < -0.39 is 17.8 Å². The molecule has 0 aliphatic carbocycles. The van der Waals surface area contributed by atoms with Gasteiger partial charge in [0, 0.05) is 18.6 Å². The third-order valence-electron chi connectivity index (χ3n) is 4.20. The van der Waals surface area contributed by atoms with Crippen LogP contribution < -0.4 is 5.32 Å². The number of hydrogen-bond acceptors (Lipinski definition) is 5. The second kappa shape index (κ2) is 7.71. The summed E-state index contributed by atoms with van der Waals surface area (Å²) in [5, 5.41) is 17.2. The molecule has 7 nitrogen and oxygen atoms in total. The van der Waals surface area contributed by atoms with E-state index in [0.717, 1.165) is 11.1 Å². The normalized spacial score (nSPS) is 10.8. The summed E-state index contributed by atoms with van der Waals surface area (Å²) in [7, 11) is 0. The first-order valence-electron chi connectivity index (χ1n) is 8.60. The summed E-state index contributed by atoms with van der Waals surface area (Å²) >= 11 is 0. The lowest BCUT2D eigenvalue weighted by atomic mass is 9.98. The van der Waals surface area contributed by atoms with Crippen LogP contribution in [0.2, 0.25) is 0 Å². The van der Waals surface area contributed by atoms with Gasteiger partial charge < -0.3 is 10.4 Å². The monoisotopic (exact) mass is 370 g/mol. The molecule has 0 aliphatic rings. The number of nitrogens with one attached hydrogen (secondary N) is 1. The second-order valence-corrected chi connectivity index (χ2v) is 6.01. The molecule has 0 unspecified atom stereocenters. The number of amides is 1. The summed E-state index contributed by atoms with van der Waals surface area (Å²) in [6.45, 7) is 0. The van der Waals surface area contributed by atoms with Gasteiger partial charge in [-0.3, -0.25) is 4.79 Å². The number of nitrogens with zero attached hydrogens (tertiary/aromatic N) is 4. The van der Waals surface area contributed by atoms with Gasteiger partial charge in [-0.25, -0.2) is 9.67 Å². The molecule has 0 saturated heterocycles. The van der Waals surface area contributed by atoms with E-state index in [0.29, 0.717) is 0 Å². The maximum atomic E-state index is 12.8. The lowest BCUT2D eigenvalue weighted by Gasteiger charge is -2.20. The zero-order chi connectivity index (χ0) is 19.3. The van der Waals surface area contributed by atoms with Crippen molar-refractivity contribution >= 4 is 5.91 Å². The van der Waals surface area contributed by atoms with E-state index in [1.165, 1.54) is 10.9 Å². The Labute approximate surface area is 161 Å². The van der Waals surface area contributed by atoms with Crippen LogP contribution >= 0.6 is 0 Å². The van der Waals surface area contributed by atoms with E-state index in [1.54, 1.807) is 30.6 Å². The molecule has 1 amide bonds. The highest BCUT2D eigenvalue weighted by molar-refractivity contribution is 5.96. The van der Waals surface area contributed by atoms with Crippen LogP contribution in [0.1, 0.15) is 27.5 Å². The minimum absolute atomic E-state index is 0.0145. The molecule has 2 aromatic carbocycles. The molecule has 28 heavy (non-hydrogen) atoms. The Kier molecular flexibility index (Phi) is 4.79. The average Bonchev–Trinajstić information content (AvgIpc) is 3.28. The van der Waals surface area contributed by atoms with Gasteiger partial charge in [0.05, 0.1) is 6.04 Å². The molecule has 1 atom stereocenters. The molecular formula is C21H16N5O2. The topological polar surface area (TPSA) is 92.9 Å². The van der Waals surface area contributed by atoms with Gasteiger partial charge in [0.15, 0.2) is 0 Å². The molecule has 0 saturated carbocycles. The van der Waals surface area contributed by atoms with Crippen molar-refractivity contribution in [1.82, 2.24) is 25.1 Å². The maximum absolute atomic E-state index is 12.8. The van der Waals surface area contributed by atoms with Crippen LogP contribution in [-0.2, 0) is 0 Å². The highest BCUT2D eigenvalue weighted by Crippen LogP contribution is 2.23. The summed E-state index contributed by atoms with van der Waals surface area (Å²) < 4.78 is 1.40. The van der Waals surface area contributed by atoms with Crippen LogP contribution in [0.5, 0.6) is 5.88 Å². The molecule has 7 heteroatoms. The Hall–Kier alpha value is -4.00. The summed E-state index contributed by atoms with van der Waals surface area (Å²) in [6, 6.07) is 21.2. The average molecular weight is 370 g/mol. The number of carbonyl (C=O) groups is 1. The van der Waals surface area contributed by atoms with E-state index in [4.69, 9.17) is 0 Å². The van der Waals surface area contributed by atoms with Gasteiger partial charge in [-0.15, -0.1) is 0 Å². The first-order valence-corrected chi connectivity index (χ1v) is 8.60. The van der Waals surface area contributed by atoms with E-state index in [1.807, 2.05) is 42.5 Å². The minimum Gasteiger partial charge on any atom is -0.493 e. The SMILES string of the molecule is O=C(N[C@@H](c1cc[c]cc1)c1ccccc1)c1cnc(-n2cccn2)nc1O. The third kappa shape index (κ3) is 3.59. The van der Waals surface area contributed by atoms with Crippen LogP contribution in [0.3, 0.4) is 0 Å². The van der Waals surface area contributed by atoms with Gasteiger partial charge in [-0.05, 0) is 23.3 Å². The number of benzene rings is 2. The van der Waals surface area contributed by atoms with Gasteiger partial charge in [0.2, 0.25) is 5.88 Å². The maximum Gasteiger partial charge on any atom is 0.259 e. The highest BCUT2D eigenvalue weighted by atomic mass is 16.3. The molecule has 4 aromatic rings. The number of carbonyl (C=O) groups excluding carboxylic acids is 1. The third-order valence-corrected chi connectivity index (χ3v) is 4.20. The predicted molar refractivity (Wildman–Crippen MR) is 102 cm³/mol. The molecule has 2 heterocycles. The van der Waals surface area contributed by atoms with Crippen LogP contribution in [0.15, 0.2) is 79.3 Å². The van der Waals surface area contributed by atoms with E-state index in [9.17, 15) is 9.90 Å². The fraction of sp³-hybridized carbons (Fsp3) is 0.0476. The fourth-order valence-corrected chi connectivity index (χ4v) is 2.83. The lowest BCUT2D eigenvalue weighted by molar-refractivity contribution is 0.0939. The molecular weight excluding hydrogens is 354 g/mol. The van der Waals surface area contributed by atoms with Gasteiger partial charge in [0.25, 0.3) is 11.9 Å². The molecule has 4 rings (SSSR count). The number of aromatic hydroxyl groups is 1. The number of aromatic nitrogens is 4. The molecule has 0 aliphatic heterocycles. The van der Waals surface area contributed by atoms with Crippen LogP contribution in [0.25, 0.3) is 5.95 Å². The Morgan fingerprint density at radius 1 is 1.07 bits per heavy atom. The van der Waals surface area contributed by atoms with E-state index >= 15 is 0 Å². The second-order valence-electron chi connectivity index (χ2n) is 6.01. The Balaban J connectivity index is 1.63. The largest absolute Gasteiger partial charge is 0.493 e. The molecule has 1 radical (unpaired) electrons. The first kappa shape index (κ1) is 17.4. The van der Waals surface area contributed by atoms with Crippen molar-refractivity contribution in [3.8, 4) is 11.8 Å². The first-order chi connectivity index (χ1) is 13.7. The van der Waals surface area contributed by atoms with Crippen molar-refractivity contribution in [2.24, 2.45) is 0 Å². The highest BCUT2D eigenvalue weighted by Gasteiger charge is 2.21. The van der Waals surface area contributed by atoms with Crippen LogP contribution in [-0.4, -0.2) is 30.8 Å². The predicted octanol–water partition coefficient (Wildman–Crippen LogP) is 2.69. The molecule has 0 bridgehead atoms. The van der Waals surface area contributed by atoms with Crippen molar-refractivity contribution in [3.05, 3.63) is 102 Å². The Bertz CT molecular complexity index is 1030. The minimum atomic E-state index is -0.480. The summed E-state index contributed by atoms with van der Waals surface area (Å²) in [4.78, 5) is 20.9. The molecule has 2 N–H and O–H groups in total. The van der Waals surface area contributed by atoms with Crippen molar-refractivity contribution in [3.63, 3.8) is 0 Å². The summed E-state index contributed by atoms with van der Waals surface area (Å²) in [6.07, 6.45) is 4.50. The molecule has 137 valence electrons. The Morgan fingerprint density at radius 2 is 1.82 bits per heavy atom. The standard InChI is InChI=1S/C21H16N5O2/c27-19(17-14-22-21(25-20(17)28)26-13-7-12-23-26)24-18(15-8-3-1-4-9-15)16-10-5-2-6-11-16/h1,3-14,18H,(H,24,27)(H,22,25,28)/t18-/m1/s1. The summed E-state index contributed by atoms with van der Waals surface area (Å²) in [5.74, 6) is -0.713. The van der Waals surface area contributed by atoms with Crippen molar-refractivity contribution in [1.29, 1.82) is 0 Å². The van der Waals surface area contributed by atoms with E-state index in [2.05, 4.69) is 26.4 Å². The lowest BCUT2D eigenvalue weighted by Crippen LogP contribution is -2.29. The molecule has 2 aromatic heterocycles. The van der Waals surface area contributed by atoms with Crippen molar-refractivity contribution in [2.45, 2.75) is 6.04 Å². The summed E-state index contributed by atoms with van der Waals surface area (Å²) in [5.41, 5.74) is 1.79. The van der Waals surface area contributed by atoms with Crippen molar-refractivity contribution < 1.29 is 9.90 Å². The quantitative estimate of drug-likeness (QED) is 0.563. The smallest absolute Gasteiger partial charge is 0.259 e. The zero-order valence-electron chi connectivity index (χ0n) is 14.7.